The van der Waals surface area contributed by atoms with Crippen LogP contribution in [0, 0.1) is 0 Å². The van der Waals surface area contributed by atoms with Crippen molar-refractivity contribution in [2.75, 3.05) is 44.4 Å². The summed E-state index contributed by atoms with van der Waals surface area (Å²) in [5, 5.41) is 0. The molecule has 0 bridgehead atoms. The van der Waals surface area contributed by atoms with Gasteiger partial charge in [-0.2, -0.15) is 0 Å². The number of nitrogens with zero attached hydrogens (tertiary/aromatic N) is 1. The van der Waals surface area contributed by atoms with Crippen LogP contribution in [0.25, 0.3) is 0 Å². The van der Waals surface area contributed by atoms with Crippen molar-refractivity contribution in [1.29, 1.82) is 0 Å². The molecule has 0 fully saturated rings. The zero-order valence-corrected chi connectivity index (χ0v) is 14.0. The van der Waals surface area contributed by atoms with Crippen LogP contribution in [0.1, 0.15) is 19.4 Å². The Labute approximate surface area is 130 Å². The molecule has 0 aromatic heterocycles. The standard InChI is InChI=1S/C15H25BrN2O2/c1-3-19-9-7-18(8-10-20-4-2)15-6-5-14(16)11-13(15)12-17/h5-6,11H,3-4,7-10,12,17H2,1-2H3. The summed E-state index contributed by atoms with van der Waals surface area (Å²) in [6, 6.07) is 6.22. The van der Waals surface area contributed by atoms with Gasteiger partial charge in [0, 0.05) is 43.0 Å². The molecule has 20 heavy (non-hydrogen) atoms. The zero-order valence-electron chi connectivity index (χ0n) is 12.4. The largest absolute Gasteiger partial charge is 0.380 e. The zero-order chi connectivity index (χ0) is 14.8. The first-order valence-corrected chi connectivity index (χ1v) is 7.91. The van der Waals surface area contributed by atoms with Gasteiger partial charge in [0.15, 0.2) is 0 Å². The van der Waals surface area contributed by atoms with E-state index in [1.807, 2.05) is 19.9 Å². The van der Waals surface area contributed by atoms with E-state index < -0.39 is 0 Å². The fourth-order valence-corrected chi connectivity index (χ4v) is 2.43. The van der Waals surface area contributed by atoms with Gasteiger partial charge in [-0.05, 0) is 37.6 Å². The molecule has 114 valence electrons. The fourth-order valence-electron chi connectivity index (χ4n) is 2.02. The summed E-state index contributed by atoms with van der Waals surface area (Å²) in [6.07, 6.45) is 0. The van der Waals surface area contributed by atoms with Gasteiger partial charge < -0.3 is 20.1 Å². The summed E-state index contributed by atoms with van der Waals surface area (Å²) >= 11 is 3.49. The molecule has 0 spiro atoms. The molecule has 0 heterocycles. The van der Waals surface area contributed by atoms with E-state index >= 15 is 0 Å². The van der Waals surface area contributed by atoms with Crippen LogP contribution in [-0.4, -0.2) is 39.5 Å². The van der Waals surface area contributed by atoms with Gasteiger partial charge in [-0.25, -0.2) is 0 Å². The molecular formula is C15H25BrN2O2. The average molecular weight is 345 g/mol. The van der Waals surface area contributed by atoms with Gasteiger partial charge in [0.25, 0.3) is 0 Å². The summed E-state index contributed by atoms with van der Waals surface area (Å²) in [4.78, 5) is 2.28. The van der Waals surface area contributed by atoms with Crippen molar-refractivity contribution < 1.29 is 9.47 Å². The maximum absolute atomic E-state index is 5.86. The second kappa shape index (κ2) is 10.2. The molecule has 0 saturated heterocycles. The summed E-state index contributed by atoms with van der Waals surface area (Å²) in [5.41, 5.74) is 8.15. The molecule has 1 aromatic rings. The number of benzene rings is 1. The summed E-state index contributed by atoms with van der Waals surface area (Å²) < 4.78 is 12.0. The molecule has 0 atom stereocenters. The lowest BCUT2D eigenvalue weighted by Gasteiger charge is -2.27. The average Bonchev–Trinajstić information content (AvgIpc) is 2.46. The highest BCUT2D eigenvalue weighted by Gasteiger charge is 2.11. The van der Waals surface area contributed by atoms with E-state index in [2.05, 4.69) is 33.0 Å². The van der Waals surface area contributed by atoms with Gasteiger partial charge >= 0.3 is 0 Å². The highest BCUT2D eigenvalue weighted by molar-refractivity contribution is 9.10. The van der Waals surface area contributed by atoms with E-state index in [0.717, 1.165) is 42.0 Å². The molecule has 0 aliphatic heterocycles. The highest BCUT2D eigenvalue weighted by Crippen LogP contribution is 2.24. The number of hydrogen-bond donors (Lipinski definition) is 1. The first-order chi connectivity index (χ1) is 9.72. The molecule has 0 amide bonds. The number of hydrogen-bond acceptors (Lipinski definition) is 4. The Kier molecular flexibility index (Phi) is 8.85. The van der Waals surface area contributed by atoms with Crippen LogP contribution in [0.3, 0.4) is 0 Å². The van der Waals surface area contributed by atoms with E-state index in [0.29, 0.717) is 19.8 Å². The van der Waals surface area contributed by atoms with E-state index in [-0.39, 0.29) is 0 Å². The lowest BCUT2D eigenvalue weighted by Crippen LogP contribution is -2.32. The lowest BCUT2D eigenvalue weighted by molar-refractivity contribution is 0.141. The highest BCUT2D eigenvalue weighted by atomic mass is 79.9. The van der Waals surface area contributed by atoms with Crippen LogP contribution in [0.2, 0.25) is 0 Å². The summed E-state index contributed by atoms with van der Waals surface area (Å²) in [7, 11) is 0. The van der Waals surface area contributed by atoms with Crippen molar-refractivity contribution in [1.82, 2.24) is 0 Å². The van der Waals surface area contributed by atoms with Crippen molar-refractivity contribution >= 4 is 21.6 Å². The van der Waals surface area contributed by atoms with Crippen LogP contribution < -0.4 is 10.6 Å². The second-order valence-corrected chi connectivity index (χ2v) is 5.27. The van der Waals surface area contributed by atoms with Gasteiger partial charge in [0.2, 0.25) is 0 Å². The van der Waals surface area contributed by atoms with Crippen molar-refractivity contribution in [3.05, 3.63) is 28.2 Å². The minimum Gasteiger partial charge on any atom is -0.380 e. The first-order valence-electron chi connectivity index (χ1n) is 7.11. The smallest absolute Gasteiger partial charge is 0.0641 e. The quantitative estimate of drug-likeness (QED) is 0.663. The maximum Gasteiger partial charge on any atom is 0.0641 e. The predicted octanol–water partition coefficient (Wildman–Crippen LogP) is 2.79. The normalized spacial score (nSPS) is 10.8. The third-order valence-corrected chi connectivity index (χ3v) is 3.51. The molecule has 0 aliphatic carbocycles. The van der Waals surface area contributed by atoms with Crippen molar-refractivity contribution in [3.63, 3.8) is 0 Å². The van der Waals surface area contributed by atoms with Crippen LogP contribution in [0.5, 0.6) is 0 Å². The number of halogens is 1. The lowest BCUT2D eigenvalue weighted by atomic mass is 10.1. The molecule has 1 rings (SSSR count). The fraction of sp³-hybridized carbons (Fsp3) is 0.600. The topological polar surface area (TPSA) is 47.7 Å². The van der Waals surface area contributed by atoms with Gasteiger partial charge in [-0.15, -0.1) is 0 Å². The van der Waals surface area contributed by atoms with Crippen molar-refractivity contribution in [2.45, 2.75) is 20.4 Å². The second-order valence-electron chi connectivity index (χ2n) is 4.36. The molecule has 4 nitrogen and oxygen atoms in total. The Morgan fingerprint density at radius 3 is 2.20 bits per heavy atom. The van der Waals surface area contributed by atoms with Crippen LogP contribution in [-0.2, 0) is 16.0 Å². The Bertz CT molecular complexity index is 378. The monoisotopic (exact) mass is 344 g/mol. The van der Waals surface area contributed by atoms with Crippen molar-refractivity contribution in [2.24, 2.45) is 5.73 Å². The van der Waals surface area contributed by atoms with Crippen LogP contribution in [0.4, 0.5) is 5.69 Å². The van der Waals surface area contributed by atoms with Gasteiger partial charge in [0.05, 0.1) is 13.2 Å². The third kappa shape index (κ3) is 5.79. The molecule has 0 saturated carbocycles. The number of nitrogens with two attached hydrogens (primary N) is 1. The van der Waals surface area contributed by atoms with E-state index in [9.17, 15) is 0 Å². The van der Waals surface area contributed by atoms with Gasteiger partial charge in [-0.3, -0.25) is 0 Å². The third-order valence-electron chi connectivity index (χ3n) is 3.02. The summed E-state index contributed by atoms with van der Waals surface area (Å²) in [5.74, 6) is 0. The van der Waals surface area contributed by atoms with Crippen LogP contribution >= 0.6 is 15.9 Å². The molecule has 1 aromatic carbocycles. The minimum atomic E-state index is 0.522. The Morgan fingerprint density at radius 1 is 1.10 bits per heavy atom. The first kappa shape index (κ1) is 17.4. The van der Waals surface area contributed by atoms with Gasteiger partial charge in [-0.1, -0.05) is 15.9 Å². The Balaban J connectivity index is 2.78. The molecule has 2 N–H and O–H groups in total. The van der Waals surface area contributed by atoms with Crippen LogP contribution in [0.15, 0.2) is 22.7 Å². The van der Waals surface area contributed by atoms with Gasteiger partial charge in [0.1, 0.15) is 0 Å². The minimum absolute atomic E-state index is 0.522. The number of ether oxygens (including phenoxy) is 2. The predicted molar refractivity (Wildman–Crippen MR) is 87.2 cm³/mol. The molecule has 0 aliphatic rings. The van der Waals surface area contributed by atoms with E-state index in [1.165, 1.54) is 0 Å². The SMILES string of the molecule is CCOCCN(CCOCC)c1ccc(Br)cc1CN. The summed E-state index contributed by atoms with van der Waals surface area (Å²) in [6.45, 7) is 9.13. The van der Waals surface area contributed by atoms with E-state index in [1.54, 1.807) is 0 Å². The molecule has 5 heteroatoms. The molecular weight excluding hydrogens is 320 g/mol. The Hall–Kier alpha value is -0.620. The maximum atomic E-state index is 5.86. The van der Waals surface area contributed by atoms with Crippen molar-refractivity contribution in [3.8, 4) is 0 Å². The molecule has 0 unspecified atom stereocenters. The molecule has 0 radical (unpaired) electrons. The number of anilines is 1. The van der Waals surface area contributed by atoms with E-state index in [4.69, 9.17) is 15.2 Å². The Morgan fingerprint density at radius 2 is 1.70 bits per heavy atom. The number of rotatable bonds is 10.